The normalized spacial score (nSPS) is 37.8. The summed E-state index contributed by atoms with van der Waals surface area (Å²) in [5, 5.41) is 0.125. The van der Waals surface area contributed by atoms with E-state index in [1.165, 1.54) is 0 Å². The second kappa shape index (κ2) is 5.50. The summed E-state index contributed by atoms with van der Waals surface area (Å²) in [7, 11) is 1.21. The van der Waals surface area contributed by atoms with Gasteiger partial charge in [-0.05, 0) is 43.3 Å². The van der Waals surface area contributed by atoms with E-state index in [-0.39, 0.29) is 22.8 Å². The highest BCUT2D eigenvalue weighted by molar-refractivity contribution is 6.74. The summed E-state index contributed by atoms with van der Waals surface area (Å²) < 4.78 is 18.1. The fraction of sp³-hybridized carbons (Fsp3) is 0.842. The summed E-state index contributed by atoms with van der Waals surface area (Å²) in [6.07, 6.45) is 7.16. The molecule has 2 fully saturated rings. The fourth-order valence-electron chi connectivity index (χ4n) is 4.73. The number of hydrogen-bond acceptors (Lipinski definition) is 4. The molecule has 4 rings (SSSR count). The monoisotopic (exact) mass is 352 g/mol. The first-order valence-electron chi connectivity index (χ1n) is 9.07. The lowest BCUT2D eigenvalue weighted by Crippen LogP contribution is -2.66. The fourth-order valence-corrected chi connectivity index (χ4v) is 6.11. The minimum atomic E-state index is -1.96. The molecule has 1 spiro atoms. The Morgan fingerprint density at radius 1 is 1.17 bits per heavy atom. The van der Waals surface area contributed by atoms with Crippen LogP contribution in [-0.2, 0) is 18.7 Å². The predicted molar refractivity (Wildman–Crippen MR) is 96.2 cm³/mol. The molecule has 0 heterocycles. The maximum atomic E-state index is 13.6. The second-order valence-corrected chi connectivity index (χ2v) is 13.9. The van der Waals surface area contributed by atoms with E-state index in [1.807, 2.05) is 0 Å². The Morgan fingerprint density at radius 3 is 2.33 bits per heavy atom. The van der Waals surface area contributed by atoms with Crippen LogP contribution in [0.1, 0.15) is 40.0 Å². The van der Waals surface area contributed by atoms with E-state index in [0.717, 1.165) is 19.3 Å². The number of ketones is 1. The highest BCUT2D eigenvalue weighted by Crippen LogP contribution is 2.61. The standard InChI is InChI=1S/C19H32O4Si/c1-17(2,3)24(6,7)23-15-9-8-13-12-14-10-11-18(13,15)16(20)19(14,21-4)22-5/h10-11,13-15H,8-9,12H2,1-7H3/t13-,14?,15-,18?/m0/s1. The van der Waals surface area contributed by atoms with Crippen LogP contribution in [0.15, 0.2) is 12.2 Å². The smallest absolute Gasteiger partial charge is 0.235 e. The van der Waals surface area contributed by atoms with Crippen LogP contribution < -0.4 is 0 Å². The Bertz CT molecular complexity index is 558. The first kappa shape index (κ1) is 18.3. The first-order chi connectivity index (χ1) is 11.0. The molecule has 0 amide bonds. The van der Waals surface area contributed by atoms with Gasteiger partial charge in [0.05, 0.1) is 11.5 Å². The third kappa shape index (κ3) is 2.17. The molecule has 2 unspecified atom stereocenters. The molecule has 4 atom stereocenters. The van der Waals surface area contributed by atoms with Crippen LogP contribution in [-0.4, -0.2) is 40.2 Å². The van der Waals surface area contributed by atoms with E-state index < -0.39 is 19.5 Å². The van der Waals surface area contributed by atoms with Crippen molar-refractivity contribution in [2.45, 2.75) is 70.1 Å². The van der Waals surface area contributed by atoms with Crippen molar-refractivity contribution in [1.29, 1.82) is 0 Å². The summed E-state index contributed by atoms with van der Waals surface area (Å²) in [6.45, 7) is 11.3. The molecule has 4 aliphatic rings. The lowest BCUT2D eigenvalue weighted by Gasteiger charge is -2.55. The van der Waals surface area contributed by atoms with Gasteiger partial charge < -0.3 is 13.9 Å². The van der Waals surface area contributed by atoms with Crippen LogP contribution in [0.3, 0.4) is 0 Å². The number of methoxy groups -OCH3 is 2. The van der Waals surface area contributed by atoms with Crippen molar-refractivity contribution in [3.63, 3.8) is 0 Å². The van der Waals surface area contributed by atoms with Gasteiger partial charge in [0.1, 0.15) is 0 Å². The average molecular weight is 353 g/mol. The predicted octanol–water partition coefficient (Wildman–Crippen LogP) is 3.92. The molecule has 0 saturated heterocycles. The van der Waals surface area contributed by atoms with Gasteiger partial charge in [0.15, 0.2) is 8.32 Å². The van der Waals surface area contributed by atoms with Crippen LogP contribution >= 0.6 is 0 Å². The summed E-state index contributed by atoms with van der Waals surface area (Å²) in [6, 6.07) is 0. The molecular weight excluding hydrogens is 320 g/mol. The van der Waals surface area contributed by atoms with Gasteiger partial charge in [0.2, 0.25) is 11.6 Å². The molecule has 5 heteroatoms. The highest BCUT2D eigenvalue weighted by Gasteiger charge is 2.69. The quantitative estimate of drug-likeness (QED) is 0.437. The molecule has 0 radical (unpaired) electrons. The molecule has 0 aliphatic heterocycles. The minimum Gasteiger partial charge on any atom is -0.413 e. The number of Topliss-reactive ketones (excluding diaryl/α,β-unsaturated/α-hetero) is 1. The van der Waals surface area contributed by atoms with E-state index >= 15 is 0 Å². The Morgan fingerprint density at radius 2 is 1.79 bits per heavy atom. The summed E-state index contributed by atoms with van der Waals surface area (Å²) >= 11 is 0. The highest BCUT2D eigenvalue weighted by atomic mass is 28.4. The molecule has 24 heavy (non-hydrogen) atoms. The third-order valence-electron chi connectivity index (χ3n) is 7.18. The maximum absolute atomic E-state index is 13.6. The molecular formula is C19H32O4Si. The topological polar surface area (TPSA) is 44.8 Å². The van der Waals surface area contributed by atoms with Gasteiger partial charge in [0, 0.05) is 20.1 Å². The molecule has 136 valence electrons. The van der Waals surface area contributed by atoms with Crippen molar-refractivity contribution in [2.75, 3.05) is 14.2 Å². The van der Waals surface area contributed by atoms with Crippen molar-refractivity contribution >= 4 is 14.1 Å². The van der Waals surface area contributed by atoms with Gasteiger partial charge >= 0.3 is 0 Å². The van der Waals surface area contributed by atoms with Crippen LogP contribution in [0.25, 0.3) is 0 Å². The second-order valence-electron chi connectivity index (χ2n) is 9.18. The minimum absolute atomic E-state index is 0.0125. The van der Waals surface area contributed by atoms with Gasteiger partial charge in [-0.1, -0.05) is 32.9 Å². The van der Waals surface area contributed by atoms with E-state index in [4.69, 9.17) is 13.9 Å². The maximum Gasteiger partial charge on any atom is 0.235 e. The van der Waals surface area contributed by atoms with Crippen molar-refractivity contribution in [3.05, 3.63) is 12.2 Å². The van der Waals surface area contributed by atoms with E-state index in [9.17, 15) is 4.79 Å². The number of ether oxygens (including phenoxy) is 2. The van der Waals surface area contributed by atoms with Gasteiger partial charge in [-0.3, -0.25) is 4.79 Å². The van der Waals surface area contributed by atoms with Crippen LogP contribution in [0.2, 0.25) is 18.1 Å². The van der Waals surface area contributed by atoms with Gasteiger partial charge in [-0.2, -0.15) is 0 Å². The number of carbonyl (C=O) groups is 1. The Hall–Kier alpha value is -0.493. The van der Waals surface area contributed by atoms with E-state index in [0.29, 0.717) is 5.92 Å². The third-order valence-corrected chi connectivity index (χ3v) is 11.7. The summed E-state index contributed by atoms with van der Waals surface area (Å²) in [5.74, 6) is -0.693. The van der Waals surface area contributed by atoms with Gasteiger partial charge in [-0.15, -0.1) is 0 Å². The zero-order chi connectivity index (χ0) is 18.0. The largest absolute Gasteiger partial charge is 0.413 e. The van der Waals surface area contributed by atoms with Crippen molar-refractivity contribution in [1.82, 2.24) is 0 Å². The van der Waals surface area contributed by atoms with Gasteiger partial charge in [0.25, 0.3) is 0 Å². The van der Waals surface area contributed by atoms with Crippen LogP contribution in [0, 0.1) is 17.3 Å². The number of hydrogen-bond donors (Lipinski definition) is 0. The number of carbonyl (C=O) groups excluding carboxylic acids is 1. The van der Waals surface area contributed by atoms with Crippen molar-refractivity contribution < 1.29 is 18.7 Å². The first-order valence-corrected chi connectivity index (χ1v) is 12.0. The van der Waals surface area contributed by atoms with Gasteiger partial charge in [-0.25, -0.2) is 0 Å². The zero-order valence-electron chi connectivity index (χ0n) is 16.1. The van der Waals surface area contributed by atoms with Crippen LogP contribution in [0.5, 0.6) is 0 Å². The molecule has 4 nitrogen and oxygen atoms in total. The van der Waals surface area contributed by atoms with E-state index in [1.54, 1.807) is 14.2 Å². The van der Waals surface area contributed by atoms with Crippen LogP contribution in [0.4, 0.5) is 0 Å². The lowest BCUT2D eigenvalue weighted by atomic mass is 9.56. The molecule has 4 aliphatic carbocycles. The molecule has 0 aromatic rings. The summed E-state index contributed by atoms with van der Waals surface area (Å²) in [5.41, 5.74) is -0.573. The molecule has 0 N–H and O–H groups in total. The SMILES string of the molecule is COC1(OC)C(=O)C23C=CC1C[C@@H]2CC[C@@H]3O[Si](C)(C)C(C)(C)C. The number of rotatable bonds is 4. The Labute approximate surface area is 147 Å². The average Bonchev–Trinajstić information content (AvgIpc) is 2.86. The molecule has 2 bridgehead atoms. The molecule has 2 saturated carbocycles. The van der Waals surface area contributed by atoms with Crippen molar-refractivity contribution in [2.24, 2.45) is 17.3 Å². The zero-order valence-corrected chi connectivity index (χ0v) is 17.1. The Balaban J connectivity index is 2.00. The molecule has 0 aromatic carbocycles. The number of fused-ring (bicyclic) bond motifs is 1. The summed E-state index contributed by atoms with van der Waals surface area (Å²) in [4.78, 5) is 13.6. The lowest BCUT2D eigenvalue weighted by molar-refractivity contribution is -0.249. The van der Waals surface area contributed by atoms with Crippen molar-refractivity contribution in [3.8, 4) is 0 Å². The molecule has 0 aromatic heterocycles. The Kier molecular flexibility index (Phi) is 4.19. The van der Waals surface area contributed by atoms with E-state index in [2.05, 4.69) is 46.0 Å².